The molecule has 3 aromatic heterocycles. The van der Waals surface area contributed by atoms with Crippen molar-refractivity contribution in [3.05, 3.63) is 206 Å². The molecule has 4 heteroatoms. The van der Waals surface area contributed by atoms with Crippen LogP contribution in [0.2, 0.25) is 0 Å². The molecule has 0 aliphatic rings. The lowest BCUT2D eigenvalue weighted by Crippen LogP contribution is -1.96. The van der Waals surface area contributed by atoms with Crippen molar-refractivity contribution in [2.45, 2.75) is 0 Å². The molecular weight excluding hydrogens is 729 g/mol. The first-order valence-electron chi connectivity index (χ1n) is 20.3. The molecule has 12 rings (SSSR count). The molecule has 0 saturated heterocycles. The molecule has 60 heavy (non-hydrogen) atoms. The highest BCUT2D eigenvalue weighted by atomic mass is 14.9. The van der Waals surface area contributed by atoms with Crippen LogP contribution in [0.25, 0.3) is 121 Å². The minimum atomic E-state index is 0.670. The molecule has 0 saturated carbocycles. The first-order chi connectivity index (χ1) is 29.7. The molecule has 0 atom stereocenters. The van der Waals surface area contributed by atoms with Crippen LogP contribution in [0.5, 0.6) is 0 Å². The van der Waals surface area contributed by atoms with E-state index in [0.29, 0.717) is 5.82 Å². The average molecular weight is 763 g/mol. The van der Waals surface area contributed by atoms with Crippen LogP contribution < -0.4 is 0 Å². The fraction of sp³-hybridized carbons (Fsp3) is 0. The van der Waals surface area contributed by atoms with E-state index in [-0.39, 0.29) is 0 Å². The Labute approximate surface area is 346 Å². The van der Waals surface area contributed by atoms with E-state index in [2.05, 4.69) is 193 Å². The van der Waals surface area contributed by atoms with Crippen LogP contribution in [0.15, 0.2) is 206 Å². The molecular formula is C56H34N4. The van der Waals surface area contributed by atoms with Gasteiger partial charge in [-0.3, -0.25) is 4.98 Å². The van der Waals surface area contributed by atoms with Crippen molar-refractivity contribution in [3.8, 4) is 56.3 Å². The fourth-order valence-electron chi connectivity index (χ4n) is 8.98. The molecule has 0 amide bonds. The Kier molecular flexibility index (Phi) is 7.82. The van der Waals surface area contributed by atoms with Gasteiger partial charge in [0.05, 0.1) is 28.1 Å². The number of fused-ring (bicyclic) bond motifs is 11. The normalized spacial score (nSPS) is 11.7. The summed E-state index contributed by atoms with van der Waals surface area (Å²) in [6, 6.07) is 71.0. The first kappa shape index (κ1) is 34.0. The van der Waals surface area contributed by atoms with Crippen LogP contribution in [0.3, 0.4) is 0 Å². The zero-order chi connectivity index (χ0) is 39.6. The summed E-state index contributed by atoms with van der Waals surface area (Å²) < 4.78 is 0. The number of nitrogens with zero attached hydrogens (tertiary/aromatic N) is 4. The van der Waals surface area contributed by atoms with Gasteiger partial charge in [0.2, 0.25) is 0 Å². The van der Waals surface area contributed by atoms with Gasteiger partial charge in [-0.1, -0.05) is 176 Å². The first-order valence-corrected chi connectivity index (χ1v) is 20.3. The summed E-state index contributed by atoms with van der Waals surface area (Å²) >= 11 is 0. The highest BCUT2D eigenvalue weighted by Gasteiger charge is 2.16. The molecule has 0 fully saturated rings. The quantitative estimate of drug-likeness (QED) is 0.164. The van der Waals surface area contributed by atoms with Gasteiger partial charge in [0, 0.05) is 39.2 Å². The van der Waals surface area contributed by atoms with Gasteiger partial charge in [-0.15, -0.1) is 0 Å². The molecule has 12 aromatic rings. The van der Waals surface area contributed by atoms with Gasteiger partial charge in [-0.2, -0.15) is 0 Å². The second-order valence-electron chi connectivity index (χ2n) is 15.4. The second-order valence-corrected chi connectivity index (χ2v) is 15.4. The Morgan fingerprint density at radius 1 is 0.283 bits per heavy atom. The summed E-state index contributed by atoms with van der Waals surface area (Å²) in [5, 5.41) is 12.3. The third-order valence-electron chi connectivity index (χ3n) is 11.9. The largest absolute Gasteiger partial charge is 0.254 e. The SMILES string of the molecule is c1ccc(-c2cc(-c3ccc(-c4cc5c6ccccc6c6ccccc6c5c5ccccc45)cc3)nc(-c3ccc(-c4ccc5ccc6cccnc6c5n4)cc3)n2)cc1. The van der Waals surface area contributed by atoms with Gasteiger partial charge < -0.3 is 0 Å². The number of pyridine rings is 2. The van der Waals surface area contributed by atoms with Crippen LogP contribution in [0, 0.1) is 0 Å². The van der Waals surface area contributed by atoms with Crippen molar-refractivity contribution in [3.63, 3.8) is 0 Å². The standard InChI is InChI=1S/C56H34N4/c1-2-11-36(12-3-1)51-34-52(60-56(59-51)41-28-24-37(25-29-41)50-31-30-40-27-26-39-13-10-32-57-54(39)55(40)58-50)38-22-20-35(21-23-38)48-33-49-44-16-5-4-14-42(44)43-15-6-8-18-46(43)53(49)47-19-9-7-17-45(47)48/h1-34H. The van der Waals surface area contributed by atoms with Gasteiger partial charge in [-0.05, 0) is 78.5 Å². The predicted molar refractivity (Wildman–Crippen MR) is 250 cm³/mol. The zero-order valence-electron chi connectivity index (χ0n) is 32.4. The fourth-order valence-corrected chi connectivity index (χ4v) is 8.98. The molecule has 3 heterocycles. The lowest BCUT2D eigenvalue weighted by atomic mass is 9.87. The van der Waals surface area contributed by atoms with Gasteiger partial charge in [0.25, 0.3) is 0 Å². The van der Waals surface area contributed by atoms with Crippen LogP contribution >= 0.6 is 0 Å². The molecule has 0 bridgehead atoms. The Morgan fingerprint density at radius 2 is 0.783 bits per heavy atom. The smallest absolute Gasteiger partial charge is 0.160 e. The van der Waals surface area contributed by atoms with E-state index in [1.165, 1.54) is 48.7 Å². The monoisotopic (exact) mass is 762 g/mol. The van der Waals surface area contributed by atoms with Crippen molar-refractivity contribution in [2.75, 3.05) is 0 Å². The van der Waals surface area contributed by atoms with E-state index in [1.54, 1.807) is 0 Å². The van der Waals surface area contributed by atoms with Crippen molar-refractivity contribution < 1.29 is 0 Å². The Morgan fingerprint density at radius 3 is 1.48 bits per heavy atom. The maximum atomic E-state index is 5.20. The molecule has 9 aromatic carbocycles. The van der Waals surface area contributed by atoms with Gasteiger partial charge in [0.15, 0.2) is 5.82 Å². The maximum absolute atomic E-state index is 5.20. The Hall–Kier alpha value is -8.08. The number of hydrogen-bond acceptors (Lipinski definition) is 4. The molecule has 278 valence electrons. The second kappa shape index (κ2) is 13.8. The summed E-state index contributed by atoms with van der Waals surface area (Å²) in [4.78, 5) is 20.0. The third kappa shape index (κ3) is 5.61. The molecule has 0 radical (unpaired) electrons. The van der Waals surface area contributed by atoms with Crippen LogP contribution in [0.1, 0.15) is 0 Å². The van der Waals surface area contributed by atoms with Gasteiger partial charge in [-0.25, -0.2) is 15.0 Å². The number of aromatic nitrogens is 4. The lowest BCUT2D eigenvalue weighted by molar-refractivity contribution is 1.18. The minimum absolute atomic E-state index is 0.670. The summed E-state index contributed by atoms with van der Waals surface area (Å²) in [6.07, 6.45) is 1.83. The topological polar surface area (TPSA) is 51.6 Å². The summed E-state index contributed by atoms with van der Waals surface area (Å²) in [6.45, 7) is 0. The van der Waals surface area contributed by atoms with E-state index in [4.69, 9.17) is 15.0 Å². The zero-order valence-corrected chi connectivity index (χ0v) is 32.4. The van der Waals surface area contributed by atoms with Crippen LogP contribution in [-0.4, -0.2) is 19.9 Å². The van der Waals surface area contributed by atoms with E-state index >= 15 is 0 Å². The van der Waals surface area contributed by atoms with Crippen molar-refractivity contribution in [1.82, 2.24) is 19.9 Å². The summed E-state index contributed by atoms with van der Waals surface area (Å²) in [7, 11) is 0. The Bertz CT molecular complexity index is 3630. The number of hydrogen-bond donors (Lipinski definition) is 0. The predicted octanol–water partition coefficient (Wildman–Crippen LogP) is 14.5. The molecule has 0 spiro atoms. The van der Waals surface area contributed by atoms with Crippen LogP contribution in [-0.2, 0) is 0 Å². The number of rotatable bonds is 5. The summed E-state index contributed by atoms with van der Waals surface area (Å²) in [5.41, 5.74) is 10.8. The molecule has 0 aliphatic carbocycles. The third-order valence-corrected chi connectivity index (χ3v) is 11.9. The van der Waals surface area contributed by atoms with E-state index in [1.807, 2.05) is 18.3 Å². The van der Waals surface area contributed by atoms with E-state index in [0.717, 1.165) is 66.7 Å². The van der Waals surface area contributed by atoms with Crippen molar-refractivity contribution >= 4 is 64.9 Å². The Balaban J connectivity index is 0.954. The molecule has 0 unspecified atom stereocenters. The lowest BCUT2D eigenvalue weighted by Gasteiger charge is -2.16. The van der Waals surface area contributed by atoms with E-state index < -0.39 is 0 Å². The highest BCUT2D eigenvalue weighted by molar-refractivity contribution is 6.33. The number of benzene rings is 9. The maximum Gasteiger partial charge on any atom is 0.160 e. The molecule has 0 N–H and O–H groups in total. The summed E-state index contributed by atoms with van der Waals surface area (Å²) in [5.74, 6) is 0.670. The van der Waals surface area contributed by atoms with Crippen molar-refractivity contribution in [1.29, 1.82) is 0 Å². The minimum Gasteiger partial charge on any atom is -0.254 e. The van der Waals surface area contributed by atoms with Gasteiger partial charge >= 0.3 is 0 Å². The molecule has 4 nitrogen and oxygen atoms in total. The average Bonchev–Trinajstić information content (AvgIpc) is 3.33. The van der Waals surface area contributed by atoms with Crippen LogP contribution in [0.4, 0.5) is 0 Å². The van der Waals surface area contributed by atoms with Gasteiger partial charge in [0.1, 0.15) is 0 Å². The van der Waals surface area contributed by atoms with E-state index in [9.17, 15) is 0 Å². The molecule has 0 aliphatic heterocycles. The highest BCUT2D eigenvalue weighted by Crippen LogP contribution is 2.43. The van der Waals surface area contributed by atoms with Crippen molar-refractivity contribution in [2.24, 2.45) is 0 Å².